The molecule has 0 aliphatic rings. The van der Waals surface area contributed by atoms with Crippen LogP contribution in [-0.4, -0.2) is 18.6 Å². The van der Waals surface area contributed by atoms with Gasteiger partial charge in [-0.2, -0.15) is 0 Å². The Kier molecular flexibility index (Phi) is 5.20. The second kappa shape index (κ2) is 7.52. The zero-order chi connectivity index (χ0) is 15.2. The molecule has 2 aromatic carbocycles. The first-order valence-electron chi connectivity index (χ1n) is 7.85. The predicted molar refractivity (Wildman–Crippen MR) is 95.7 cm³/mol. The Hall–Kier alpha value is -1.71. The third-order valence-electron chi connectivity index (χ3n) is 3.87. The molecule has 2 N–H and O–H groups in total. The summed E-state index contributed by atoms with van der Waals surface area (Å²) in [5.74, 6) is 0. The normalized spacial score (nSPS) is 11.1. The van der Waals surface area contributed by atoms with Gasteiger partial charge in [0.05, 0.1) is 0 Å². The van der Waals surface area contributed by atoms with Crippen molar-refractivity contribution in [3.05, 3.63) is 60.3 Å². The van der Waals surface area contributed by atoms with E-state index in [-0.39, 0.29) is 0 Å². The molecule has 114 valence electrons. The van der Waals surface area contributed by atoms with Crippen LogP contribution < -0.4 is 5.32 Å². The highest BCUT2D eigenvalue weighted by Gasteiger charge is 2.08. The predicted octanol–water partition coefficient (Wildman–Crippen LogP) is 4.86. The number of rotatable bonds is 7. The fraction of sp³-hybridized carbons (Fsp3) is 0.263. The van der Waals surface area contributed by atoms with Gasteiger partial charge in [-0.05, 0) is 50.6 Å². The van der Waals surface area contributed by atoms with Gasteiger partial charge in [-0.3, -0.25) is 0 Å². The molecule has 0 spiro atoms. The van der Waals surface area contributed by atoms with Gasteiger partial charge in [-0.15, -0.1) is 0 Å². The molecule has 0 unspecified atom stereocenters. The number of benzene rings is 2. The lowest BCUT2D eigenvalue weighted by molar-refractivity contribution is 0.674. The van der Waals surface area contributed by atoms with Gasteiger partial charge in [0.25, 0.3) is 0 Å². The minimum absolute atomic E-state index is 1.09. The molecule has 0 aliphatic carbocycles. The van der Waals surface area contributed by atoms with E-state index in [1.807, 2.05) is 18.8 Å². The van der Waals surface area contributed by atoms with Crippen LogP contribution in [-0.2, 0) is 6.42 Å². The molecule has 3 rings (SSSR count). The molecule has 22 heavy (non-hydrogen) atoms. The van der Waals surface area contributed by atoms with Crippen LogP contribution in [0.1, 0.15) is 18.4 Å². The number of aromatic nitrogens is 1. The quantitative estimate of drug-likeness (QED) is 0.610. The minimum Gasteiger partial charge on any atom is -0.360 e. The second-order valence-corrected chi connectivity index (χ2v) is 6.55. The molecule has 3 aromatic rings. The van der Waals surface area contributed by atoms with E-state index in [0.29, 0.717) is 0 Å². The molecule has 2 nitrogen and oxygen atoms in total. The van der Waals surface area contributed by atoms with Crippen molar-refractivity contribution in [3.8, 4) is 0 Å². The first kappa shape index (κ1) is 15.2. The Morgan fingerprint density at radius 3 is 2.68 bits per heavy atom. The molecule has 0 bridgehead atoms. The fourth-order valence-electron chi connectivity index (χ4n) is 2.67. The van der Waals surface area contributed by atoms with Crippen LogP contribution in [0.3, 0.4) is 0 Å². The van der Waals surface area contributed by atoms with Crippen LogP contribution in [0.25, 0.3) is 10.9 Å². The number of hydrogen-bond donors (Lipinski definition) is 2. The topological polar surface area (TPSA) is 27.8 Å². The summed E-state index contributed by atoms with van der Waals surface area (Å²) in [5.41, 5.74) is 2.66. The molecule has 1 aromatic heterocycles. The Morgan fingerprint density at radius 1 is 0.955 bits per heavy atom. The summed E-state index contributed by atoms with van der Waals surface area (Å²) >= 11 is 1.87. The maximum atomic E-state index is 3.36. The van der Waals surface area contributed by atoms with Gasteiger partial charge < -0.3 is 10.3 Å². The van der Waals surface area contributed by atoms with E-state index in [2.05, 4.69) is 65.0 Å². The Bertz CT molecular complexity index is 733. The van der Waals surface area contributed by atoms with Gasteiger partial charge in [-0.25, -0.2) is 0 Å². The average Bonchev–Trinajstić information content (AvgIpc) is 2.96. The number of H-pyrrole nitrogens is 1. The largest absolute Gasteiger partial charge is 0.360 e. The smallest absolute Gasteiger partial charge is 0.0465 e. The number of unbranched alkanes of at least 4 members (excludes halogenated alkanes) is 1. The molecule has 0 saturated carbocycles. The van der Waals surface area contributed by atoms with Crippen LogP contribution in [0.5, 0.6) is 0 Å². The van der Waals surface area contributed by atoms with E-state index in [1.165, 1.54) is 39.1 Å². The zero-order valence-electron chi connectivity index (χ0n) is 12.9. The summed E-state index contributed by atoms with van der Waals surface area (Å²) in [4.78, 5) is 6.03. The van der Waals surface area contributed by atoms with E-state index in [9.17, 15) is 0 Å². The number of nitrogens with one attached hydrogen (secondary N) is 2. The van der Waals surface area contributed by atoms with Crippen LogP contribution in [0.2, 0.25) is 0 Å². The number of fused-ring (bicyclic) bond motifs is 1. The van der Waals surface area contributed by atoms with E-state index in [4.69, 9.17) is 0 Å². The molecule has 0 fully saturated rings. The maximum absolute atomic E-state index is 3.36. The lowest BCUT2D eigenvalue weighted by atomic mass is 10.1. The molecular formula is C19H22N2S. The van der Waals surface area contributed by atoms with E-state index in [1.54, 1.807) is 0 Å². The Labute approximate surface area is 136 Å². The van der Waals surface area contributed by atoms with Crippen molar-refractivity contribution < 1.29 is 0 Å². The molecule has 0 atom stereocenters. The van der Waals surface area contributed by atoms with Gasteiger partial charge in [0.2, 0.25) is 0 Å². The van der Waals surface area contributed by atoms with Gasteiger partial charge >= 0.3 is 0 Å². The summed E-state index contributed by atoms with van der Waals surface area (Å²) in [5, 5.41) is 4.52. The van der Waals surface area contributed by atoms with E-state index >= 15 is 0 Å². The second-order valence-electron chi connectivity index (χ2n) is 5.47. The monoisotopic (exact) mass is 310 g/mol. The third-order valence-corrected chi connectivity index (χ3v) is 5.04. The number of para-hydroxylation sites is 1. The molecular weight excluding hydrogens is 288 g/mol. The van der Waals surface area contributed by atoms with E-state index in [0.717, 1.165) is 13.0 Å². The first-order valence-corrected chi connectivity index (χ1v) is 8.66. The third kappa shape index (κ3) is 3.54. The van der Waals surface area contributed by atoms with Gasteiger partial charge in [0, 0.05) is 26.9 Å². The SMILES string of the molecule is CNCCCCc1ccccc1Sc1c[nH]c2ccccc12. The summed E-state index contributed by atoms with van der Waals surface area (Å²) in [6.45, 7) is 1.09. The fourth-order valence-corrected chi connectivity index (χ4v) is 3.77. The highest BCUT2D eigenvalue weighted by Crippen LogP contribution is 2.35. The molecule has 1 heterocycles. The highest BCUT2D eigenvalue weighted by molar-refractivity contribution is 7.99. The van der Waals surface area contributed by atoms with Crippen molar-refractivity contribution in [3.63, 3.8) is 0 Å². The van der Waals surface area contributed by atoms with Gasteiger partial charge in [0.15, 0.2) is 0 Å². The summed E-state index contributed by atoms with van der Waals surface area (Å²) in [6, 6.07) is 17.3. The van der Waals surface area contributed by atoms with Crippen LogP contribution in [0.4, 0.5) is 0 Å². The van der Waals surface area contributed by atoms with Crippen molar-refractivity contribution in [2.24, 2.45) is 0 Å². The minimum atomic E-state index is 1.09. The average molecular weight is 310 g/mol. The summed E-state index contributed by atoms with van der Waals surface area (Å²) in [7, 11) is 2.01. The van der Waals surface area contributed by atoms with E-state index < -0.39 is 0 Å². The van der Waals surface area contributed by atoms with Crippen LogP contribution in [0.15, 0.2) is 64.5 Å². The van der Waals surface area contributed by atoms with Crippen LogP contribution in [0, 0.1) is 0 Å². The number of hydrogen-bond acceptors (Lipinski definition) is 2. The van der Waals surface area contributed by atoms with Crippen molar-refractivity contribution in [1.29, 1.82) is 0 Å². The van der Waals surface area contributed by atoms with Crippen molar-refractivity contribution in [1.82, 2.24) is 10.3 Å². The maximum Gasteiger partial charge on any atom is 0.0465 e. The summed E-state index contributed by atoms with van der Waals surface area (Å²) in [6.07, 6.45) is 5.72. The molecule has 0 radical (unpaired) electrons. The summed E-state index contributed by atoms with van der Waals surface area (Å²) < 4.78 is 0. The standard InChI is InChI=1S/C19H22N2S/c1-20-13-7-6-9-15-8-2-5-12-18(15)22-19-14-21-17-11-4-3-10-16(17)19/h2-5,8,10-12,14,20-21H,6-7,9,13H2,1H3. The van der Waals surface area contributed by atoms with Gasteiger partial charge in [0.1, 0.15) is 0 Å². The zero-order valence-corrected chi connectivity index (χ0v) is 13.7. The number of aromatic amines is 1. The lowest BCUT2D eigenvalue weighted by Crippen LogP contribution is -2.07. The lowest BCUT2D eigenvalue weighted by Gasteiger charge is -2.08. The van der Waals surface area contributed by atoms with Crippen molar-refractivity contribution in [2.75, 3.05) is 13.6 Å². The Balaban J connectivity index is 1.77. The Morgan fingerprint density at radius 2 is 1.77 bits per heavy atom. The molecule has 3 heteroatoms. The number of aryl methyl sites for hydroxylation is 1. The molecule has 0 aliphatic heterocycles. The molecule has 0 amide bonds. The van der Waals surface area contributed by atoms with Crippen molar-refractivity contribution >= 4 is 22.7 Å². The highest BCUT2D eigenvalue weighted by atomic mass is 32.2. The first-order chi connectivity index (χ1) is 10.9. The van der Waals surface area contributed by atoms with Crippen molar-refractivity contribution in [2.45, 2.75) is 29.1 Å². The van der Waals surface area contributed by atoms with Crippen LogP contribution >= 0.6 is 11.8 Å². The molecule has 0 saturated heterocycles. The van der Waals surface area contributed by atoms with Gasteiger partial charge in [-0.1, -0.05) is 48.2 Å².